The third-order valence-corrected chi connectivity index (χ3v) is 3.21. The Morgan fingerprint density at radius 3 is 2.43 bits per heavy atom. The van der Waals surface area contributed by atoms with Gasteiger partial charge in [-0.2, -0.15) is 13.2 Å². The number of aromatic nitrogens is 1. The Morgan fingerprint density at radius 2 is 1.81 bits per heavy atom. The van der Waals surface area contributed by atoms with Crippen molar-refractivity contribution < 1.29 is 17.6 Å². The smallest absolute Gasteiger partial charge is 0.369 e. The molecule has 0 saturated carbocycles. The highest BCUT2D eigenvalue weighted by atomic mass is 79.9. The lowest BCUT2D eigenvalue weighted by Gasteiger charge is -2.13. The fraction of sp³-hybridized carbons (Fsp3) is 0.214. The average molecular weight is 363 g/mol. The largest absolute Gasteiger partial charge is 0.419 e. The molecule has 2 aromatic rings. The number of hydrogen-bond donors (Lipinski definition) is 1. The summed E-state index contributed by atoms with van der Waals surface area (Å²) in [6.45, 7) is 0.267. The highest BCUT2D eigenvalue weighted by Gasteiger charge is 2.34. The first kappa shape index (κ1) is 15.8. The van der Waals surface area contributed by atoms with Crippen molar-refractivity contribution in [1.29, 1.82) is 0 Å². The van der Waals surface area contributed by atoms with Crippen LogP contribution in [0.3, 0.4) is 0 Å². The van der Waals surface area contributed by atoms with Crippen LogP contribution in [0.25, 0.3) is 0 Å². The third-order valence-electron chi connectivity index (χ3n) is 2.78. The Morgan fingerprint density at radius 1 is 1.14 bits per heavy atom. The summed E-state index contributed by atoms with van der Waals surface area (Å²) in [4.78, 5) is 3.75. The van der Waals surface area contributed by atoms with Crippen molar-refractivity contribution in [2.24, 2.45) is 0 Å². The molecule has 0 amide bonds. The van der Waals surface area contributed by atoms with E-state index in [1.165, 1.54) is 18.3 Å². The molecule has 0 fully saturated rings. The van der Waals surface area contributed by atoms with Gasteiger partial charge in [-0.15, -0.1) is 0 Å². The number of rotatable bonds is 4. The topological polar surface area (TPSA) is 24.9 Å². The monoisotopic (exact) mass is 362 g/mol. The van der Waals surface area contributed by atoms with Crippen LogP contribution in [0.4, 0.5) is 23.4 Å². The van der Waals surface area contributed by atoms with Gasteiger partial charge in [0.05, 0.1) is 5.56 Å². The van der Waals surface area contributed by atoms with E-state index in [0.29, 0.717) is 6.42 Å². The minimum absolute atomic E-state index is 0.215. The van der Waals surface area contributed by atoms with Crippen molar-refractivity contribution in [3.05, 3.63) is 57.9 Å². The minimum Gasteiger partial charge on any atom is -0.369 e. The van der Waals surface area contributed by atoms with E-state index in [1.54, 1.807) is 12.1 Å². The molecule has 0 aliphatic carbocycles. The SMILES string of the molecule is Fc1ccc(CCNc2ncc(Br)cc2C(F)(F)F)cc1. The van der Waals surface area contributed by atoms with Gasteiger partial charge in [-0.05, 0) is 46.1 Å². The Bertz CT molecular complexity index is 611. The van der Waals surface area contributed by atoms with E-state index < -0.39 is 11.7 Å². The molecule has 1 aromatic carbocycles. The van der Waals surface area contributed by atoms with Crippen molar-refractivity contribution in [2.75, 3.05) is 11.9 Å². The summed E-state index contributed by atoms with van der Waals surface area (Å²) in [5.41, 5.74) is 0.00514. The van der Waals surface area contributed by atoms with Crippen LogP contribution in [0, 0.1) is 5.82 Å². The number of alkyl halides is 3. The second-order valence-electron chi connectivity index (χ2n) is 4.35. The number of nitrogens with zero attached hydrogens (tertiary/aromatic N) is 1. The van der Waals surface area contributed by atoms with E-state index >= 15 is 0 Å². The van der Waals surface area contributed by atoms with Gasteiger partial charge in [0.25, 0.3) is 0 Å². The van der Waals surface area contributed by atoms with Crippen LogP contribution in [-0.2, 0) is 12.6 Å². The van der Waals surface area contributed by atoms with E-state index in [-0.39, 0.29) is 22.7 Å². The van der Waals surface area contributed by atoms with Crippen molar-refractivity contribution in [3.63, 3.8) is 0 Å². The predicted octanol–water partition coefficient (Wildman–Crippen LogP) is 4.66. The molecular formula is C14H11BrF4N2. The Balaban J connectivity index is 2.05. The maximum absolute atomic E-state index is 12.9. The number of hydrogen-bond acceptors (Lipinski definition) is 2. The van der Waals surface area contributed by atoms with Crippen LogP contribution in [0.2, 0.25) is 0 Å². The first-order valence-electron chi connectivity index (χ1n) is 6.07. The lowest BCUT2D eigenvalue weighted by atomic mass is 10.1. The van der Waals surface area contributed by atoms with Crippen LogP contribution in [0.15, 0.2) is 41.0 Å². The van der Waals surface area contributed by atoms with Gasteiger partial charge < -0.3 is 5.32 Å². The third kappa shape index (κ3) is 4.42. The Kier molecular flexibility index (Phi) is 4.82. The summed E-state index contributed by atoms with van der Waals surface area (Å²) in [6, 6.07) is 6.79. The van der Waals surface area contributed by atoms with Crippen molar-refractivity contribution >= 4 is 21.7 Å². The molecule has 112 valence electrons. The number of halogens is 5. The van der Waals surface area contributed by atoms with Gasteiger partial charge in [0.2, 0.25) is 0 Å². The zero-order valence-electron chi connectivity index (χ0n) is 10.7. The maximum atomic E-state index is 12.9. The molecule has 7 heteroatoms. The summed E-state index contributed by atoms with van der Waals surface area (Å²) in [7, 11) is 0. The fourth-order valence-corrected chi connectivity index (χ4v) is 2.10. The van der Waals surface area contributed by atoms with Gasteiger partial charge in [-0.1, -0.05) is 12.1 Å². The molecule has 0 spiro atoms. The fourth-order valence-electron chi connectivity index (χ4n) is 1.77. The van der Waals surface area contributed by atoms with E-state index in [2.05, 4.69) is 26.2 Å². The minimum atomic E-state index is -4.48. The Labute approximate surface area is 127 Å². The lowest BCUT2D eigenvalue weighted by molar-refractivity contribution is -0.137. The summed E-state index contributed by atoms with van der Waals surface area (Å²) in [6.07, 6.45) is -2.71. The zero-order chi connectivity index (χ0) is 15.5. The van der Waals surface area contributed by atoms with Crippen molar-refractivity contribution in [1.82, 2.24) is 4.98 Å². The molecule has 2 nitrogen and oxygen atoms in total. The molecule has 0 radical (unpaired) electrons. The number of anilines is 1. The summed E-state index contributed by atoms with van der Waals surface area (Å²) in [5.74, 6) is -0.562. The molecule has 1 heterocycles. The Hall–Kier alpha value is -1.63. The van der Waals surface area contributed by atoms with Crippen LogP contribution in [-0.4, -0.2) is 11.5 Å². The maximum Gasteiger partial charge on any atom is 0.419 e. The molecule has 0 aliphatic rings. The van der Waals surface area contributed by atoms with E-state index in [1.807, 2.05) is 0 Å². The van der Waals surface area contributed by atoms with Gasteiger partial charge >= 0.3 is 6.18 Å². The molecule has 0 bridgehead atoms. The second-order valence-corrected chi connectivity index (χ2v) is 5.27. The van der Waals surface area contributed by atoms with Gasteiger partial charge in [-0.25, -0.2) is 9.37 Å². The van der Waals surface area contributed by atoms with Gasteiger partial charge in [-0.3, -0.25) is 0 Å². The molecular weight excluding hydrogens is 352 g/mol. The zero-order valence-corrected chi connectivity index (χ0v) is 12.3. The molecule has 0 unspecified atom stereocenters. The molecule has 1 aromatic heterocycles. The molecule has 0 atom stereocenters. The van der Waals surface area contributed by atoms with E-state index in [4.69, 9.17) is 0 Å². The first-order chi connectivity index (χ1) is 9.86. The molecule has 1 N–H and O–H groups in total. The molecule has 0 aliphatic heterocycles. The summed E-state index contributed by atoms with van der Waals surface area (Å²) in [5, 5.41) is 2.66. The van der Waals surface area contributed by atoms with Gasteiger partial charge in [0.15, 0.2) is 0 Å². The lowest BCUT2D eigenvalue weighted by Crippen LogP contribution is -2.14. The molecule has 0 saturated heterocycles. The van der Waals surface area contributed by atoms with E-state index in [0.717, 1.165) is 11.6 Å². The second kappa shape index (κ2) is 6.43. The predicted molar refractivity (Wildman–Crippen MR) is 75.5 cm³/mol. The molecule has 21 heavy (non-hydrogen) atoms. The highest BCUT2D eigenvalue weighted by molar-refractivity contribution is 9.10. The van der Waals surface area contributed by atoms with Crippen molar-refractivity contribution in [2.45, 2.75) is 12.6 Å². The van der Waals surface area contributed by atoms with Crippen LogP contribution >= 0.6 is 15.9 Å². The number of pyridine rings is 1. The summed E-state index contributed by atoms with van der Waals surface area (Å²) >= 11 is 2.97. The van der Waals surface area contributed by atoms with E-state index in [9.17, 15) is 17.6 Å². The first-order valence-corrected chi connectivity index (χ1v) is 6.86. The van der Waals surface area contributed by atoms with Gasteiger partial charge in [0.1, 0.15) is 11.6 Å². The molecule has 2 rings (SSSR count). The van der Waals surface area contributed by atoms with Crippen LogP contribution in [0.5, 0.6) is 0 Å². The highest BCUT2D eigenvalue weighted by Crippen LogP contribution is 2.35. The number of nitrogens with one attached hydrogen (secondary N) is 1. The summed E-state index contributed by atoms with van der Waals surface area (Å²) < 4.78 is 51.6. The quantitative estimate of drug-likeness (QED) is 0.800. The van der Waals surface area contributed by atoms with Crippen molar-refractivity contribution in [3.8, 4) is 0 Å². The van der Waals surface area contributed by atoms with Gasteiger partial charge in [0, 0.05) is 17.2 Å². The normalized spacial score (nSPS) is 11.5. The van der Waals surface area contributed by atoms with Crippen LogP contribution in [0.1, 0.15) is 11.1 Å². The number of benzene rings is 1. The average Bonchev–Trinajstić information content (AvgIpc) is 2.41. The van der Waals surface area contributed by atoms with Crippen LogP contribution < -0.4 is 5.32 Å². The standard InChI is InChI=1S/C14H11BrF4N2/c15-10-7-12(14(17,18)19)13(21-8-10)20-6-5-9-1-3-11(16)4-2-9/h1-4,7-8H,5-6H2,(H,20,21).